The second kappa shape index (κ2) is 6.53. The van der Waals surface area contributed by atoms with Crippen LogP contribution >= 0.6 is 11.3 Å². The molecule has 0 radical (unpaired) electrons. The highest BCUT2D eigenvalue weighted by molar-refractivity contribution is 7.91. The van der Waals surface area contributed by atoms with Crippen LogP contribution in [0.1, 0.15) is 23.5 Å². The third-order valence-electron chi connectivity index (χ3n) is 3.79. The van der Waals surface area contributed by atoms with Crippen LogP contribution in [0.4, 0.5) is 0 Å². The van der Waals surface area contributed by atoms with Crippen LogP contribution in [0.2, 0.25) is 0 Å². The van der Waals surface area contributed by atoms with Gasteiger partial charge in [-0.1, -0.05) is 0 Å². The number of thiophene rings is 1. The van der Waals surface area contributed by atoms with Crippen LogP contribution in [0.5, 0.6) is 5.75 Å². The Morgan fingerprint density at radius 3 is 2.68 bits per heavy atom. The second-order valence-electron chi connectivity index (χ2n) is 5.06. The molecule has 2 rings (SSSR count). The first kappa shape index (κ1) is 17.2. The minimum atomic E-state index is -3.73. The van der Waals surface area contributed by atoms with Gasteiger partial charge in [0.2, 0.25) is 0 Å². The number of nitrogens with zero attached hydrogens (tertiary/aromatic N) is 1. The topological polar surface area (TPSA) is 84.9 Å². The molecule has 7 nitrogen and oxygen atoms in total. The molecular formula is C13H20N2O5S2. The Morgan fingerprint density at radius 2 is 2.09 bits per heavy atom. The first-order chi connectivity index (χ1) is 10.3. The number of carbonyl (C=O) groups excluding carboxylic acids is 1. The molecule has 0 spiro atoms. The number of sulfonamides is 1. The molecular weight excluding hydrogens is 328 g/mol. The van der Waals surface area contributed by atoms with E-state index in [4.69, 9.17) is 4.74 Å². The molecule has 2 atom stereocenters. The molecule has 1 aliphatic rings. The molecule has 0 aromatic carbocycles. The summed E-state index contributed by atoms with van der Waals surface area (Å²) in [5, 5.41) is 3.24. The molecule has 1 aliphatic heterocycles. The molecule has 2 heterocycles. The number of hydrogen-bond acceptors (Lipinski definition) is 7. The summed E-state index contributed by atoms with van der Waals surface area (Å²) in [6, 6.07) is 1.27. The summed E-state index contributed by atoms with van der Waals surface area (Å²) < 4.78 is 37.1. The first-order valence-electron chi connectivity index (χ1n) is 6.84. The summed E-state index contributed by atoms with van der Waals surface area (Å²) in [5.74, 6) is -0.407. The van der Waals surface area contributed by atoms with Crippen molar-refractivity contribution in [3.8, 4) is 5.75 Å². The van der Waals surface area contributed by atoms with Crippen molar-refractivity contribution in [2.45, 2.75) is 30.1 Å². The number of carbonyl (C=O) groups is 1. The molecule has 124 valence electrons. The number of nitrogens with one attached hydrogen (secondary N) is 1. The van der Waals surface area contributed by atoms with Gasteiger partial charge in [0.25, 0.3) is 10.0 Å². The van der Waals surface area contributed by atoms with Gasteiger partial charge >= 0.3 is 5.97 Å². The Morgan fingerprint density at radius 1 is 1.41 bits per heavy atom. The molecule has 2 unspecified atom stereocenters. The summed E-state index contributed by atoms with van der Waals surface area (Å²) in [7, 11) is -1.10. The average molecular weight is 348 g/mol. The Bertz CT molecular complexity index is 655. The number of esters is 1. The highest BCUT2D eigenvalue weighted by atomic mass is 32.2. The number of ether oxygens (including phenoxy) is 2. The Hall–Kier alpha value is -1.16. The van der Waals surface area contributed by atoms with Gasteiger partial charge in [0.05, 0.1) is 14.2 Å². The van der Waals surface area contributed by atoms with Gasteiger partial charge in [-0.2, -0.15) is 4.31 Å². The lowest BCUT2D eigenvalue weighted by Gasteiger charge is -2.37. The quantitative estimate of drug-likeness (QED) is 0.815. The molecule has 1 aromatic heterocycles. The SMILES string of the molecule is COC(=O)c1cc(OC)c(S(=O)(=O)N2CCNC(C)C2C)s1. The van der Waals surface area contributed by atoms with Gasteiger partial charge in [0, 0.05) is 31.2 Å². The van der Waals surface area contributed by atoms with E-state index in [2.05, 4.69) is 10.1 Å². The molecule has 0 bridgehead atoms. The van der Waals surface area contributed by atoms with Crippen LogP contribution < -0.4 is 10.1 Å². The van der Waals surface area contributed by atoms with Crippen LogP contribution in [0.25, 0.3) is 0 Å². The second-order valence-corrected chi connectivity index (χ2v) is 8.20. The molecule has 9 heteroatoms. The fraction of sp³-hybridized carbons (Fsp3) is 0.615. The smallest absolute Gasteiger partial charge is 0.348 e. The molecule has 22 heavy (non-hydrogen) atoms. The van der Waals surface area contributed by atoms with Crippen molar-refractivity contribution in [2.75, 3.05) is 27.3 Å². The van der Waals surface area contributed by atoms with Crippen molar-refractivity contribution in [1.82, 2.24) is 9.62 Å². The summed E-state index contributed by atoms with van der Waals surface area (Å²) in [5.41, 5.74) is 0. The summed E-state index contributed by atoms with van der Waals surface area (Å²) >= 11 is 0.871. The molecule has 1 N–H and O–H groups in total. The van der Waals surface area contributed by atoms with Crippen molar-refractivity contribution in [3.05, 3.63) is 10.9 Å². The largest absolute Gasteiger partial charge is 0.494 e. The van der Waals surface area contributed by atoms with Crippen LogP contribution in [0.3, 0.4) is 0 Å². The number of hydrogen-bond donors (Lipinski definition) is 1. The van der Waals surface area contributed by atoms with Crippen molar-refractivity contribution < 1.29 is 22.7 Å². The number of piperazine rings is 1. The summed E-state index contributed by atoms with van der Waals surface area (Å²) in [4.78, 5) is 11.8. The van der Waals surface area contributed by atoms with Crippen molar-refractivity contribution in [1.29, 1.82) is 0 Å². The molecule has 1 saturated heterocycles. The van der Waals surface area contributed by atoms with Crippen LogP contribution in [-0.2, 0) is 14.8 Å². The van der Waals surface area contributed by atoms with E-state index in [1.807, 2.05) is 13.8 Å². The van der Waals surface area contributed by atoms with E-state index in [9.17, 15) is 13.2 Å². The zero-order valence-electron chi connectivity index (χ0n) is 13.0. The van der Waals surface area contributed by atoms with Crippen LogP contribution in [-0.4, -0.2) is 58.1 Å². The van der Waals surface area contributed by atoms with E-state index in [1.165, 1.54) is 24.6 Å². The standard InChI is InChI=1S/C13H20N2O5S2/c1-8-9(2)15(6-5-14-8)22(17,18)13-10(19-3)7-11(21-13)12(16)20-4/h7-9,14H,5-6H2,1-4H3. The van der Waals surface area contributed by atoms with Gasteiger partial charge in [-0.05, 0) is 13.8 Å². The zero-order chi connectivity index (χ0) is 16.5. The molecule has 0 amide bonds. The minimum absolute atomic E-state index is 0.0383. The van der Waals surface area contributed by atoms with Crippen molar-refractivity contribution in [3.63, 3.8) is 0 Å². The summed E-state index contributed by atoms with van der Waals surface area (Å²) in [6.07, 6.45) is 0. The summed E-state index contributed by atoms with van der Waals surface area (Å²) in [6.45, 7) is 4.76. The van der Waals surface area contributed by atoms with Crippen molar-refractivity contribution >= 4 is 27.3 Å². The van der Waals surface area contributed by atoms with Crippen LogP contribution in [0, 0.1) is 0 Å². The molecule has 0 saturated carbocycles. The molecule has 0 aliphatic carbocycles. The van der Waals surface area contributed by atoms with Gasteiger partial charge in [0.15, 0.2) is 9.96 Å². The minimum Gasteiger partial charge on any atom is -0.494 e. The van der Waals surface area contributed by atoms with Gasteiger partial charge < -0.3 is 14.8 Å². The lowest BCUT2D eigenvalue weighted by Crippen LogP contribution is -2.56. The highest BCUT2D eigenvalue weighted by Gasteiger charge is 2.37. The maximum absolute atomic E-state index is 12.9. The van der Waals surface area contributed by atoms with E-state index < -0.39 is 16.0 Å². The Labute approximate surface area is 134 Å². The monoisotopic (exact) mass is 348 g/mol. The number of methoxy groups -OCH3 is 2. The average Bonchev–Trinajstić information content (AvgIpc) is 2.94. The predicted molar refractivity (Wildman–Crippen MR) is 83.0 cm³/mol. The normalized spacial score (nSPS) is 23.3. The predicted octanol–water partition coefficient (Wildman–Crippen LogP) is 0.914. The van der Waals surface area contributed by atoms with E-state index in [0.717, 1.165) is 11.3 Å². The zero-order valence-corrected chi connectivity index (χ0v) is 14.6. The lowest BCUT2D eigenvalue weighted by atomic mass is 10.1. The van der Waals surface area contributed by atoms with Crippen molar-refractivity contribution in [2.24, 2.45) is 0 Å². The van der Waals surface area contributed by atoms with Gasteiger partial charge in [0.1, 0.15) is 4.88 Å². The fourth-order valence-electron chi connectivity index (χ4n) is 2.35. The van der Waals surface area contributed by atoms with Crippen LogP contribution in [0.15, 0.2) is 10.3 Å². The van der Waals surface area contributed by atoms with E-state index in [1.54, 1.807) is 0 Å². The van der Waals surface area contributed by atoms with Gasteiger partial charge in [-0.25, -0.2) is 13.2 Å². The third-order valence-corrected chi connectivity index (χ3v) is 7.37. The highest BCUT2D eigenvalue weighted by Crippen LogP contribution is 2.37. The molecule has 1 fully saturated rings. The third kappa shape index (κ3) is 2.98. The fourth-order valence-corrected chi connectivity index (χ4v) is 5.67. The number of rotatable bonds is 4. The Kier molecular flexibility index (Phi) is 5.10. The first-order valence-corrected chi connectivity index (χ1v) is 9.10. The lowest BCUT2D eigenvalue weighted by molar-refractivity contribution is 0.0606. The maximum Gasteiger partial charge on any atom is 0.348 e. The van der Waals surface area contributed by atoms with Gasteiger partial charge in [-0.15, -0.1) is 11.3 Å². The maximum atomic E-state index is 12.9. The molecule has 1 aromatic rings. The van der Waals surface area contributed by atoms with E-state index >= 15 is 0 Å². The van der Waals surface area contributed by atoms with Gasteiger partial charge in [-0.3, -0.25) is 0 Å². The van der Waals surface area contributed by atoms with E-state index in [-0.39, 0.29) is 26.9 Å². The van der Waals surface area contributed by atoms with E-state index in [0.29, 0.717) is 13.1 Å². The Balaban J connectivity index is 2.44.